The Balaban J connectivity index is 1.32. The highest BCUT2D eigenvalue weighted by molar-refractivity contribution is 7.85. The summed E-state index contributed by atoms with van der Waals surface area (Å²) >= 11 is 0. The Bertz CT molecular complexity index is 1910. The van der Waals surface area contributed by atoms with Crippen LogP contribution in [0.3, 0.4) is 0 Å². The summed E-state index contributed by atoms with van der Waals surface area (Å²) in [6.45, 7) is 6.46. The van der Waals surface area contributed by atoms with Gasteiger partial charge in [-0.2, -0.15) is 8.42 Å². The third kappa shape index (κ3) is 9.64. The molecular formula is C38H40N2O6S. The molecule has 1 aromatic heterocycles. The first-order valence-electron chi connectivity index (χ1n) is 15.6. The van der Waals surface area contributed by atoms with Crippen LogP contribution in [0.1, 0.15) is 60.2 Å². The molecule has 47 heavy (non-hydrogen) atoms. The molecule has 0 bridgehead atoms. The molecule has 3 N–H and O–H groups in total. The van der Waals surface area contributed by atoms with Gasteiger partial charge in [0.25, 0.3) is 16.0 Å². The second-order valence-corrected chi connectivity index (χ2v) is 14.6. The van der Waals surface area contributed by atoms with E-state index in [9.17, 15) is 18.0 Å². The van der Waals surface area contributed by atoms with Gasteiger partial charge in [-0.05, 0) is 89.9 Å². The van der Waals surface area contributed by atoms with E-state index in [0.717, 1.165) is 46.3 Å². The van der Waals surface area contributed by atoms with E-state index in [1.54, 1.807) is 24.3 Å². The number of furan rings is 1. The highest BCUT2D eigenvalue weighted by Crippen LogP contribution is 2.30. The molecule has 0 radical (unpaired) electrons. The van der Waals surface area contributed by atoms with Gasteiger partial charge in [0.05, 0.1) is 11.7 Å². The van der Waals surface area contributed by atoms with Gasteiger partial charge >= 0.3 is 0 Å². The van der Waals surface area contributed by atoms with Gasteiger partial charge in [0, 0.05) is 28.7 Å². The zero-order valence-electron chi connectivity index (χ0n) is 26.8. The maximum atomic E-state index is 13.8. The Hall–Kier alpha value is -4.73. The van der Waals surface area contributed by atoms with E-state index in [2.05, 4.69) is 43.5 Å². The van der Waals surface area contributed by atoms with Crippen molar-refractivity contribution in [2.75, 3.05) is 17.6 Å². The lowest BCUT2D eigenvalue weighted by molar-refractivity contribution is -0.117. The predicted octanol–water partition coefficient (Wildman–Crippen LogP) is 7.66. The molecule has 0 aliphatic heterocycles. The molecule has 5 rings (SSSR count). The molecule has 8 nitrogen and oxygen atoms in total. The van der Waals surface area contributed by atoms with E-state index in [1.165, 1.54) is 5.56 Å². The molecule has 0 spiro atoms. The van der Waals surface area contributed by atoms with E-state index in [4.69, 9.17) is 8.97 Å². The molecule has 2 amide bonds. The second-order valence-electron chi connectivity index (χ2n) is 13.0. The monoisotopic (exact) mass is 652 g/mol. The first kappa shape index (κ1) is 33.6. The number of carbonyl (C=O) groups is 2. The van der Waals surface area contributed by atoms with Crippen molar-refractivity contribution in [2.45, 2.75) is 46.0 Å². The van der Waals surface area contributed by atoms with E-state index < -0.39 is 27.7 Å². The van der Waals surface area contributed by atoms with Crippen LogP contribution < -0.4 is 10.6 Å². The topological polar surface area (TPSA) is 126 Å². The van der Waals surface area contributed by atoms with Crippen LogP contribution in [-0.4, -0.2) is 37.1 Å². The highest BCUT2D eigenvalue weighted by Gasteiger charge is 2.22. The molecule has 4 aromatic carbocycles. The summed E-state index contributed by atoms with van der Waals surface area (Å²) in [6.07, 6.45) is 2.40. The standard InChI is InChI=1S/C38H40N2O6S/c1-38(2,3)21-20-26-8-12-28(13-9-26)33(24-27-10-14-30(15-11-27)36(41)39-22-23-47(43,44)45)37(42)40-32-18-16-29(17-19-32)35-25-31-6-4-5-7-34(31)46-35/h4-19,25,33H,20-24H2,1-3H3,(H,39,41)(H,40,42)(H,43,44,45). The average molecular weight is 653 g/mol. The fraction of sp³-hybridized carbons (Fsp3) is 0.263. The van der Waals surface area contributed by atoms with Crippen molar-refractivity contribution >= 4 is 38.6 Å². The molecule has 0 fully saturated rings. The number of amides is 2. The second kappa shape index (κ2) is 14.4. The summed E-state index contributed by atoms with van der Waals surface area (Å²) in [4.78, 5) is 26.3. The molecule has 0 aliphatic carbocycles. The van der Waals surface area contributed by atoms with Gasteiger partial charge in [-0.25, -0.2) is 0 Å². The first-order chi connectivity index (χ1) is 22.3. The summed E-state index contributed by atoms with van der Waals surface area (Å²) in [7, 11) is -4.17. The maximum Gasteiger partial charge on any atom is 0.266 e. The number of para-hydroxylation sites is 1. The number of nitrogens with one attached hydrogen (secondary N) is 2. The van der Waals surface area contributed by atoms with E-state index in [-0.39, 0.29) is 17.9 Å². The van der Waals surface area contributed by atoms with E-state index in [1.807, 2.05) is 66.7 Å². The molecule has 244 valence electrons. The van der Waals surface area contributed by atoms with Crippen LogP contribution in [0.4, 0.5) is 5.69 Å². The number of benzene rings is 4. The smallest absolute Gasteiger partial charge is 0.266 e. The SMILES string of the molecule is CC(C)(C)CCc1ccc(C(Cc2ccc(C(=O)NCCS(=O)(=O)O)cc2)C(=O)Nc2ccc(-c3cc4ccccc4o3)cc2)cc1. The van der Waals surface area contributed by atoms with Crippen molar-refractivity contribution in [3.05, 3.63) is 125 Å². The van der Waals surface area contributed by atoms with Gasteiger partial charge in [-0.3, -0.25) is 14.1 Å². The van der Waals surface area contributed by atoms with E-state index >= 15 is 0 Å². The third-order valence-electron chi connectivity index (χ3n) is 8.03. The van der Waals surface area contributed by atoms with Crippen molar-refractivity contribution in [1.82, 2.24) is 5.32 Å². The summed E-state index contributed by atoms with van der Waals surface area (Å²) in [5.41, 5.74) is 5.91. The zero-order valence-corrected chi connectivity index (χ0v) is 27.6. The van der Waals surface area contributed by atoms with Crippen LogP contribution >= 0.6 is 0 Å². The molecule has 0 saturated carbocycles. The molecule has 1 heterocycles. The van der Waals surface area contributed by atoms with Crippen LogP contribution in [0.2, 0.25) is 0 Å². The molecule has 1 unspecified atom stereocenters. The number of hydrogen-bond donors (Lipinski definition) is 3. The normalized spacial score (nSPS) is 12.5. The minimum atomic E-state index is -4.17. The van der Waals surface area contributed by atoms with Crippen molar-refractivity contribution in [3.63, 3.8) is 0 Å². The van der Waals surface area contributed by atoms with Crippen LogP contribution in [0.15, 0.2) is 108 Å². The van der Waals surface area contributed by atoms with Gasteiger partial charge in [-0.1, -0.05) is 75.4 Å². The third-order valence-corrected chi connectivity index (χ3v) is 8.75. The van der Waals surface area contributed by atoms with Crippen LogP contribution in [0.5, 0.6) is 0 Å². The largest absolute Gasteiger partial charge is 0.456 e. The Kier molecular flexibility index (Phi) is 10.3. The minimum Gasteiger partial charge on any atom is -0.456 e. The Morgan fingerprint density at radius 3 is 2.15 bits per heavy atom. The van der Waals surface area contributed by atoms with Gasteiger partial charge in [0.1, 0.15) is 11.3 Å². The quantitative estimate of drug-likeness (QED) is 0.119. The number of hydrogen-bond acceptors (Lipinski definition) is 5. The van der Waals surface area contributed by atoms with Crippen molar-refractivity contribution < 1.29 is 27.0 Å². The molecule has 1 atom stereocenters. The summed E-state index contributed by atoms with van der Waals surface area (Å²) in [6, 6.07) is 32.5. The lowest BCUT2D eigenvalue weighted by Crippen LogP contribution is -2.28. The summed E-state index contributed by atoms with van der Waals surface area (Å²) < 4.78 is 36.8. The highest BCUT2D eigenvalue weighted by atomic mass is 32.2. The van der Waals surface area contributed by atoms with Gasteiger partial charge < -0.3 is 15.1 Å². The summed E-state index contributed by atoms with van der Waals surface area (Å²) in [5.74, 6) is -0.923. The van der Waals surface area contributed by atoms with Gasteiger partial charge in [-0.15, -0.1) is 0 Å². The average Bonchev–Trinajstić information content (AvgIpc) is 3.47. The van der Waals surface area contributed by atoms with Gasteiger partial charge in [0.2, 0.25) is 5.91 Å². The van der Waals surface area contributed by atoms with Crippen molar-refractivity contribution in [2.24, 2.45) is 5.41 Å². The number of anilines is 1. The zero-order chi connectivity index (χ0) is 33.6. The maximum absolute atomic E-state index is 13.8. The predicted molar refractivity (Wildman–Crippen MR) is 186 cm³/mol. The first-order valence-corrected chi connectivity index (χ1v) is 17.2. The van der Waals surface area contributed by atoms with Crippen molar-refractivity contribution in [1.29, 1.82) is 0 Å². The number of rotatable bonds is 12. The van der Waals surface area contributed by atoms with Gasteiger partial charge in [0.15, 0.2) is 0 Å². The Morgan fingerprint density at radius 2 is 1.51 bits per heavy atom. The lowest BCUT2D eigenvalue weighted by atomic mass is 9.87. The number of carbonyl (C=O) groups excluding carboxylic acids is 2. The number of aryl methyl sites for hydroxylation is 1. The Morgan fingerprint density at radius 1 is 0.851 bits per heavy atom. The Labute approximate surface area is 276 Å². The van der Waals surface area contributed by atoms with Crippen LogP contribution in [0.25, 0.3) is 22.3 Å². The van der Waals surface area contributed by atoms with Crippen molar-refractivity contribution in [3.8, 4) is 11.3 Å². The fourth-order valence-corrected chi connectivity index (χ4v) is 5.65. The van der Waals surface area contributed by atoms with E-state index in [0.29, 0.717) is 17.7 Å². The fourth-order valence-electron chi connectivity index (χ4n) is 5.29. The lowest BCUT2D eigenvalue weighted by Gasteiger charge is -2.20. The molecular weight excluding hydrogens is 612 g/mol. The van der Waals surface area contributed by atoms with Crippen LogP contribution in [0, 0.1) is 5.41 Å². The molecule has 0 saturated heterocycles. The number of fused-ring (bicyclic) bond motifs is 1. The molecule has 5 aromatic rings. The molecule has 0 aliphatic rings. The summed E-state index contributed by atoms with van der Waals surface area (Å²) in [5, 5.41) is 6.60. The molecule has 9 heteroatoms. The minimum absolute atomic E-state index is 0.157. The van der Waals surface area contributed by atoms with Crippen LogP contribution in [-0.2, 0) is 27.8 Å².